The number of alkyl halides is 1. The minimum absolute atomic E-state index is 0.167. The molecule has 1 heterocycles. The number of nitrogens with zero attached hydrogens (tertiary/aromatic N) is 2. The van der Waals surface area contributed by atoms with Crippen LogP contribution in [0.4, 0.5) is 4.39 Å². The number of rotatable bonds is 4. The Morgan fingerprint density at radius 3 is 2.43 bits per heavy atom. The summed E-state index contributed by atoms with van der Waals surface area (Å²) in [7, 11) is 0. The minimum Gasteiger partial charge on any atom is -0.323 e. The highest BCUT2D eigenvalue weighted by atomic mass is 79.9. The van der Waals surface area contributed by atoms with Gasteiger partial charge in [-0.1, -0.05) is 0 Å². The lowest BCUT2D eigenvalue weighted by Gasteiger charge is -2.22. The van der Waals surface area contributed by atoms with Gasteiger partial charge in [0.15, 0.2) is 0 Å². The van der Waals surface area contributed by atoms with E-state index in [0.717, 1.165) is 28.7 Å². The number of benzene rings is 1. The average molecular weight is 372 g/mol. The molecule has 0 saturated heterocycles. The van der Waals surface area contributed by atoms with Gasteiger partial charge in [-0.25, -0.2) is 9.37 Å². The molecular formula is C16H17BrClFN2. The molecule has 112 valence electrons. The van der Waals surface area contributed by atoms with Crippen LogP contribution in [0, 0.1) is 17.7 Å². The zero-order valence-electron chi connectivity index (χ0n) is 11.8. The predicted molar refractivity (Wildman–Crippen MR) is 86.1 cm³/mol. The molecule has 4 rings (SSSR count). The summed E-state index contributed by atoms with van der Waals surface area (Å²) in [6.45, 7) is 1.95. The van der Waals surface area contributed by atoms with Gasteiger partial charge in [0.2, 0.25) is 0 Å². The molecule has 1 aromatic heterocycles. The molecule has 1 atom stereocenters. The van der Waals surface area contributed by atoms with Crippen molar-refractivity contribution < 1.29 is 4.39 Å². The van der Waals surface area contributed by atoms with Crippen molar-refractivity contribution in [1.82, 2.24) is 9.55 Å². The Morgan fingerprint density at radius 1 is 1.29 bits per heavy atom. The van der Waals surface area contributed by atoms with Gasteiger partial charge in [-0.05, 0) is 66.4 Å². The highest BCUT2D eigenvalue weighted by molar-refractivity contribution is 9.10. The van der Waals surface area contributed by atoms with Gasteiger partial charge < -0.3 is 4.57 Å². The number of imidazole rings is 1. The topological polar surface area (TPSA) is 17.8 Å². The van der Waals surface area contributed by atoms with E-state index in [-0.39, 0.29) is 11.2 Å². The van der Waals surface area contributed by atoms with Gasteiger partial charge in [0.1, 0.15) is 11.6 Å². The van der Waals surface area contributed by atoms with Crippen LogP contribution in [0.5, 0.6) is 0 Å². The SMILES string of the molecule is CC(Cl)c1nc2cc(Br)c(F)cc2n1C(C1CC1)C1CC1. The molecule has 0 bridgehead atoms. The van der Waals surface area contributed by atoms with Crippen LogP contribution >= 0.6 is 27.5 Å². The lowest BCUT2D eigenvalue weighted by atomic mass is 10.1. The molecule has 5 heteroatoms. The second-order valence-corrected chi connectivity index (χ2v) is 7.89. The second-order valence-electron chi connectivity index (χ2n) is 6.38. The van der Waals surface area contributed by atoms with E-state index < -0.39 is 0 Å². The zero-order chi connectivity index (χ0) is 14.7. The fraction of sp³-hybridized carbons (Fsp3) is 0.562. The van der Waals surface area contributed by atoms with Crippen LogP contribution in [-0.2, 0) is 0 Å². The molecule has 2 saturated carbocycles. The summed E-state index contributed by atoms with van der Waals surface area (Å²) in [5.74, 6) is 2.09. The third kappa shape index (κ3) is 2.40. The van der Waals surface area contributed by atoms with E-state index in [9.17, 15) is 4.39 Å². The van der Waals surface area contributed by atoms with Crippen molar-refractivity contribution in [3.63, 3.8) is 0 Å². The van der Waals surface area contributed by atoms with E-state index in [1.54, 1.807) is 12.1 Å². The molecule has 1 aromatic carbocycles. The molecule has 0 aliphatic heterocycles. The van der Waals surface area contributed by atoms with Crippen molar-refractivity contribution in [2.75, 3.05) is 0 Å². The molecule has 1 unspecified atom stereocenters. The minimum atomic E-state index is -0.234. The molecule has 0 amide bonds. The van der Waals surface area contributed by atoms with Gasteiger partial charge in [0.25, 0.3) is 0 Å². The van der Waals surface area contributed by atoms with E-state index in [0.29, 0.717) is 10.5 Å². The third-order valence-electron chi connectivity index (χ3n) is 4.62. The number of aromatic nitrogens is 2. The summed E-state index contributed by atoms with van der Waals surface area (Å²) in [5, 5.41) is -0.167. The van der Waals surface area contributed by atoms with Crippen molar-refractivity contribution in [2.45, 2.75) is 44.0 Å². The summed E-state index contributed by atoms with van der Waals surface area (Å²) in [4.78, 5) is 4.69. The van der Waals surface area contributed by atoms with Gasteiger partial charge in [0.05, 0.1) is 20.9 Å². The van der Waals surface area contributed by atoms with Gasteiger partial charge in [-0.3, -0.25) is 0 Å². The highest BCUT2D eigenvalue weighted by Gasteiger charge is 2.44. The lowest BCUT2D eigenvalue weighted by molar-refractivity contribution is 0.392. The number of halogens is 3. The molecule has 2 aromatic rings. The fourth-order valence-corrected chi connectivity index (χ4v) is 3.87. The van der Waals surface area contributed by atoms with Gasteiger partial charge >= 0.3 is 0 Å². The smallest absolute Gasteiger partial charge is 0.139 e. The van der Waals surface area contributed by atoms with Crippen LogP contribution in [0.1, 0.15) is 49.9 Å². The summed E-state index contributed by atoms with van der Waals surface area (Å²) >= 11 is 9.61. The first-order valence-electron chi connectivity index (χ1n) is 7.57. The Balaban J connectivity index is 1.95. The van der Waals surface area contributed by atoms with Crippen LogP contribution in [0.25, 0.3) is 11.0 Å². The predicted octanol–water partition coefficient (Wildman–Crippen LogP) is 5.60. The first-order valence-corrected chi connectivity index (χ1v) is 8.80. The Bertz CT molecular complexity index is 692. The van der Waals surface area contributed by atoms with Crippen molar-refractivity contribution in [3.05, 3.63) is 28.2 Å². The summed E-state index contributed by atoms with van der Waals surface area (Å²) < 4.78 is 16.7. The summed E-state index contributed by atoms with van der Waals surface area (Å²) in [6, 6.07) is 3.82. The first-order chi connectivity index (χ1) is 10.1. The van der Waals surface area contributed by atoms with E-state index in [4.69, 9.17) is 11.6 Å². The highest BCUT2D eigenvalue weighted by Crippen LogP contribution is 2.53. The normalized spacial score (nSPS) is 20.4. The molecule has 0 radical (unpaired) electrons. The zero-order valence-corrected chi connectivity index (χ0v) is 14.2. The maximum absolute atomic E-state index is 14.0. The molecule has 2 aliphatic carbocycles. The lowest BCUT2D eigenvalue weighted by Crippen LogP contribution is -2.17. The standard InChI is InChI=1S/C16H17BrClFN2/c1-8(18)16-20-13-6-11(17)12(19)7-14(13)21(16)15(9-2-3-9)10-4-5-10/h6-10,15H,2-5H2,1H3. The van der Waals surface area contributed by atoms with Crippen LogP contribution in [-0.4, -0.2) is 9.55 Å². The Labute approximate surface area is 136 Å². The van der Waals surface area contributed by atoms with Crippen molar-refractivity contribution in [1.29, 1.82) is 0 Å². The van der Waals surface area contributed by atoms with Crippen molar-refractivity contribution >= 4 is 38.6 Å². The van der Waals surface area contributed by atoms with Crippen LogP contribution in [0.2, 0.25) is 0 Å². The van der Waals surface area contributed by atoms with Crippen LogP contribution < -0.4 is 0 Å². The molecule has 0 N–H and O–H groups in total. The Kier molecular flexibility index (Phi) is 3.30. The maximum Gasteiger partial charge on any atom is 0.139 e. The molecular weight excluding hydrogens is 355 g/mol. The fourth-order valence-electron chi connectivity index (χ4n) is 3.38. The van der Waals surface area contributed by atoms with Crippen molar-refractivity contribution in [3.8, 4) is 0 Å². The molecule has 2 fully saturated rings. The van der Waals surface area contributed by atoms with Gasteiger partial charge in [-0.15, -0.1) is 11.6 Å². The number of hydrogen-bond acceptors (Lipinski definition) is 1. The summed E-state index contributed by atoms with van der Waals surface area (Å²) in [5.41, 5.74) is 1.72. The van der Waals surface area contributed by atoms with E-state index >= 15 is 0 Å². The summed E-state index contributed by atoms with van der Waals surface area (Å²) in [6.07, 6.45) is 5.10. The first kappa shape index (κ1) is 14.0. The number of fused-ring (bicyclic) bond motifs is 1. The molecule has 21 heavy (non-hydrogen) atoms. The van der Waals surface area contributed by atoms with Gasteiger partial charge in [-0.2, -0.15) is 0 Å². The average Bonchev–Trinajstić information content (AvgIpc) is 3.31. The molecule has 2 nitrogen and oxygen atoms in total. The maximum atomic E-state index is 14.0. The van der Waals surface area contributed by atoms with Crippen LogP contribution in [0.15, 0.2) is 16.6 Å². The van der Waals surface area contributed by atoms with Crippen LogP contribution in [0.3, 0.4) is 0 Å². The van der Waals surface area contributed by atoms with Gasteiger partial charge in [0, 0.05) is 12.1 Å². The van der Waals surface area contributed by atoms with Crippen molar-refractivity contribution in [2.24, 2.45) is 11.8 Å². The van der Waals surface area contributed by atoms with E-state index in [1.807, 2.05) is 6.92 Å². The van der Waals surface area contributed by atoms with E-state index in [1.165, 1.54) is 25.7 Å². The second kappa shape index (κ2) is 4.95. The quantitative estimate of drug-likeness (QED) is 0.640. The third-order valence-corrected chi connectivity index (χ3v) is 5.43. The largest absolute Gasteiger partial charge is 0.323 e. The Hall–Kier alpha value is -0.610. The molecule has 0 spiro atoms. The Morgan fingerprint density at radius 2 is 1.90 bits per heavy atom. The molecule has 2 aliphatic rings. The monoisotopic (exact) mass is 370 g/mol. The van der Waals surface area contributed by atoms with E-state index in [2.05, 4.69) is 25.5 Å². The number of hydrogen-bond donors (Lipinski definition) is 0.